The Labute approximate surface area is 114 Å². The number of guanidine groups is 1. The van der Waals surface area contributed by atoms with E-state index in [2.05, 4.69) is 4.99 Å². The first-order valence-corrected chi connectivity index (χ1v) is 5.23. The molecule has 0 saturated carbocycles. The number of halogens is 1. The van der Waals surface area contributed by atoms with Gasteiger partial charge in [0.2, 0.25) is 0 Å². The fourth-order valence-corrected chi connectivity index (χ4v) is 1.23. The molecular formula is C10H22IN3O2. The molecule has 0 radical (unpaired) electrons. The molecule has 0 aliphatic carbocycles. The second-order valence-corrected chi connectivity index (χ2v) is 4.24. The van der Waals surface area contributed by atoms with Crippen LogP contribution < -0.4 is 5.73 Å². The molecule has 2 N–H and O–H groups in total. The molecule has 5 nitrogen and oxygen atoms in total. The van der Waals surface area contributed by atoms with Gasteiger partial charge < -0.3 is 20.1 Å². The molecule has 1 fully saturated rings. The summed E-state index contributed by atoms with van der Waals surface area (Å²) in [5.41, 5.74) is 5.62. The van der Waals surface area contributed by atoms with Crippen molar-refractivity contribution in [1.82, 2.24) is 4.90 Å². The molecule has 0 aromatic heterocycles. The number of aliphatic imine (C=N–C) groups is 1. The number of hydrogen-bond donors (Lipinski definition) is 1. The molecule has 0 aromatic rings. The molecule has 0 atom stereocenters. The topological polar surface area (TPSA) is 60.1 Å². The summed E-state index contributed by atoms with van der Waals surface area (Å²) in [5, 5.41) is 0. The molecule has 0 amide bonds. The molecule has 0 bridgehead atoms. The van der Waals surface area contributed by atoms with Crippen LogP contribution in [0.1, 0.15) is 13.8 Å². The molecule has 16 heavy (non-hydrogen) atoms. The third kappa shape index (κ3) is 5.31. The second kappa shape index (κ2) is 7.29. The highest BCUT2D eigenvalue weighted by Gasteiger charge is 2.17. The zero-order chi connectivity index (χ0) is 11.3. The molecule has 6 heteroatoms. The molecule has 1 rings (SSSR count). The molecule has 96 valence electrons. The quantitative estimate of drug-likeness (QED) is 0.465. The normalized spacial score (nSPS) is 18.2. The van der Waals surface area contributed by atoms with Crippen molar-refractivity contribution >= 4 is 29.9 Å². The van der Waals surface area contributed by atoms with Crippen LogP contribution in [-0.4, -0.2) is 56.4 Å². The van der Waals surface area contributed by atoms with Crippen molar-refractivity contribution in [2.45, 2.75) is 19.4 Å². The maximum atomic E-state index is 5.88. The minimum absolute atomic E-state index is 0. The van der Waals surface area contributed by atoms with Gasteiger partial charge in [-0.3, -0.25) is 4.99 Å². The summed E-state index contributed by atoms with van der Waals surface area (Å²) >= 11 is 0. The van der Waals surface area contributed by atoms with Crippen LogP contribution in [0.2, 0.25) is 0 Å². The molecule has 1 saturated heterocycles. The first kappa shape index (κ1) is 15.9. The van der Waals surface area contributed by atoms with Crippen LogP contribution in [0.3, 0.4) is 0 Å². The van der Waals surface area contributed by atoms with Gasteiger partial charge in [-0.2, -0.15) is 0 Å². The minimum atomic E-state index is -0.253. The van der Waals surface area contributed by atoms with Crippen molar-refractivity contribution in [2.75, 3.05) is 40.0 Å². The van der Waals surface area contributed by atoms with E-state index < -0.39 is 0 Å². The molecule has 1 heterocycles. The zero-order valence-electron chi connectivity index (χ0n) is 10.2. The van der Waals surface area contributed by atoms with E-state index in [4.69, 9.17) is 15.2 Å². The van der Waals surface area contributed by atoms with E-state index in [0.717, 1.165) is 26.3 Å². The summed E-state index contributed by atoms with van der Waals surface area (Å²) in [6.07, 6.45) is 0. The van der Waals surface area contributed by atoms with E-state index >= 15 is 0 Å². The number of methoxy groups -OCH3 is 1. The number of ether oxygens (including phenoxy) is 2. The van der Waals surface area contributed by atoms with Gasteiger partial charge in [-0.25, -0.2) is 0 Å². The largest absolute Gasteiger partial charge is 0.378 e. The first-order valence-electron chi connectivity index (χ1n) is 5.23. The number of nitrogens with zero attached hydrogens (tertiary/aromatic N) is 2. The van der Waals surface area contributed by atoms with Crippen molar-refractivity contribution in [3.8, 4) is 0 Å². The Morgan fingerprint density at radius 3 is 2.50 bits per heavy atom. The molecule has 0 aromatic carbocycles. The van der Waals surface area contributed by atoms with Crippen LogP contribution in [0.15, 0.2) is 4.99 Å². The lowest BCUT2D eigenvalue weighted by Crippen LogP contribution is -2.45. The highest BCUT2D eigenvalue weighted by atomic mass is 127. The van der Waals surface area contributed by atoms with Crippen molar-refractivity contribution < 1.29 is 9.47 Å². The van der Waals surface area contributed by atoms with Crippen LogP contribution in [0, 0.1) is 0 Å². The molecule has 1 aliphatic heterocycles. The van der Waals surface area contributed by atoms with Gasteiger partial charge in [0.1, 0.15) is 0 Å². The average molecular weight is 343 g/mol. The lowest BCUT2D eigenvalue weighted by molar-refractivity contribution is 0.0304. The molecule has 0 spiro atoms. The van der Waals surface area contributed by atoms with Crippen molar-refractivity contribution in [2.24, 2.45) is 10.7 Å². The van der Waals surface area contributed by atoms with Crippen LogP contribution in [0.4, 0.5) is 0 Å². The van der Waals surface area contributed by atoms with E-state index in [1.807, 2.05) is 18.7 Å². The summed E-state index contributed by atoms with van der Waals surface area (Å²) in [5.74, 6) is 0.587. The summed E-state index contributed by atoms with van der Waals surface area (Å²) in [6.45, 7) is 7.65. The van der Waals surface area contributed by atoms with Gasteiger partial charge in [0.25, 0.3) is 0 Å². The molecule has 1 aliphatic rings. The van der Waals surface area contributed by atoms with Gasteiger partial charge in [0.15, 0.2) is 5.96 Å². The monoisotopic (exact) mass is 343 g/mol. The van der Waals surface area contributed by atoms with E-state index in [9.17, 15) is 0 Å². The van der Waals surface area contributed by atoms with Crippen molar-refractivity contribution in [3.05, 3.63) is 0 Å². The third-order valence-corrected chi connectivity index (χ3v) is 2.51. The summed E-state index contributed by atoms with van der Waals surface area (Å²) in [7, 11) is 1.68. The number of nitrogens with two attached hydrogens (primary N) is 1. The fraction of sp³-hybridized carbons (Fsp3) is 0.900. The highest BCUT2D eigenvalue weighted by Crippen LogP contribution is 2.07. The van der Waals surface area contributed by atoms with Crippen LogP contribution in [0.25, 0.3) is 0 Å². The van der Waals surface area contributed by atoms with Gasteiger partial charge in [-0.1, -0.05) is 0 Å². The predicted molar refractivity (Wildman–Crippen MR) is 75.4 cm³/mol. The maximum Gasteiger partial charge on any atom is 0.191 e. The van der Waals surface area contributed by atoms with Crippen LogP contribution in [-0.2, 0) is 9.47 Å². The minimum Gasteiger partial charge on any atom is -0.378 e. The van der Waals surface area contributed by atoms with Gasteiger partial charge in [-0.05, 0) is 13.8 Å². The SMILES string of the molecule is COC(C)(C)CN=C(N)N1CCOCC1.I. The average Bonchev–Trinajstić information content (AvgIpc) is 2.27. The zero-order valence-corrected chi connectivity index (χ0v) is 12.6. The Morgan fingerprint density at radius 1 is 1.44 bits per heavy atom. The summed E-state index contributed by atoms with van der Waals surface area (Å²) < 4.78 is 10.5. The van der Waals surface area contributed by atoms with Crippen LogP contribution in [0.5, 0.6) is 0 Å². The summed E-state index contributed by atoms with van der Waals surface area (Å²) in [6, 6.07) is 0. The molecule has 0 unspecified atom stereocenters. The lowest BCUT2D eigenvalue weighted by atomic mass is 10.1. The Hall–Kier alpha value is -0.0800. The predicted octanol–water partition coefficient (Wildman–Crippen LogP) is 0.676. The Morgan fingerprint density at radius 2 is 2.00 bits per heavy atom. The van der Waals surface area contributed by atoms with E-state index in [0.29, 0.717) is 12.5 Å². The Kier molecular flexibility index (Phi) is 7.25. The van der Waals surface area contributed by atoms with Gasteiger partial charge in [0.05, 0.1) is 25.4 Å². The highest BCUT2D eigenvalue weighted by molar-refractivity contribution is 14.0. The number of morpholine rings is 1. The number of rotatable bonds is 3. The van der Waals surface area contributed by atoms with Crippen molar-refractivity contribution in [3.63, 3.8) is 0 Å². The summed E-state index contributed by atoms with van der Waals surface area (Å²) in [4.78, 5) is 6.37. The standard InChI is InChI=1S/C10H21N3O2.HI/c1-10(2,14-3)8-12-9(11)13-4-6-15-7-5-13;/h4-8H2,1-3H3,(H2,11,12);1H. The third-order valence-electron chi connectivity index (χ3n) is 2.51. The van der Waals surface area contributed by atoms with Crippen LogP contribution >= 0.6 is 24.0 Å². The lowest BCUT2D eigenvalue weighted by Gasteiger charge is -2.28. The first-order chi connectivity index (χ1) is 7.05. The fourth-order valence-electron chi connectivity index (χ4n) is 1.23. The maximum absolute atomic E-state index is 5.88. The Bertz CT molecular complexity index is 228. The van der Waals surface area contributed by atoms with E-state index in [1.54, 1.807) is 7.11 Å². The van der Waals surface area contributed by atoms with E-state index in [1.165, 1.54) is 0 Å². The van der Waals surface area contributed by atoms with E-state index in [-0.39, 0.29) is 29.6 Å². The van der Waals surface area contributed by atoms with Gasteiger partial charge in [-0.15, -0.1) is 24.0 Å². The van der Waals surface area contributed by atoms with Crippen molar-refractivity contribution in [1.29, 1.82) is 0 Å². The molecular weight excluding hydrogens is 321 g/mol. The Balaban J connectivity index is 0.00000225. The second-order valence-electron chi connectivity index (χ2n) is 4.24. The van der Waals surface area contributed by atoms with Gasteiger partial charge >= 0.3 is 0 Å². The number of hydrogen-bond acceptors (Lipinski definition) is 3. The van der Waals surface area contributed by atoms with Gasteiger partial charge in [0, 0.05) is 20.2 Å². The smallest absolute Gasteiger partial charge is 0.191 e.